The average molecular weight is 201 g/mol. The van der Waals surface area contributed by atoms with Crippen LogP contribution < -0.4 is 5.56 Å². The molecule has 0 aliphatic rings. The summed E-state index contributed by atoms with van der Waals surface area (Å²) in [5, 5.41) is 10.3. The van der Waals surface area contributed by atoms with E-state index in [1.807, 2.05) is 6.07 Å². The lowest BCUT2D eigenvalue weighted by Crippen LogP contribution is -2.04. The lowest BCUT2D eigenvalue weighted by atomic mass is 10.3. The predicted octanol–water partition coefficient (Wildman–Crippen LogP) is 0.437. The van der Waals surface area contributed by atoms with Gasteiger partial charge in [0.1, 0.15) is 0 Å². The van der Waals surface area contributed by atoms with Crippen LogP contribution in [-0.4, -0.2) is 25.0 Å². The highest BCUT2D eigenvalue weighted by atomic mass is 16.1. The smallest absolute Gasteiger partial charge is 0.264 e. The van der Waals surface area contributed by atoms with E-state index in [4.69, 9.17) is 0 Å². The van der Waals surface area contributed by atoms with Gasteiger partial charge in [0.15, 0.2) is 5.82 Å². The Morgan fingerprint density at radius 1 is 1.33 bits per heavy atom. The first-order chi connectivity index (χ1) is 7.33. The van der Waals surface area contributed by atoms with E-state index in [0.717, 1.165) is 10.9 Å². The summed E-state index contributed by atoms with van der Waals surface area (Å²) in [6.07, 6.45) is 5.02. The van der Waals surface area contributed by atoms with Crippen molar-refractivity contribution < 1.29 is 0 Å². The van der Waals surface area contributed by atoms with E-state index in [1.54, 1.807) is 23.3 Å². The van der Waals surface area contributed by atoms with Gasteiger partial charge in [0, 0.05) is 17.6 Å². The highest BCUT2D eigenvalue weighted by molar-refractivity contribution is 5.78. The number of hydrogen-bond donors (Lipinski definition) is 2. The van der Waals surface area contributed by atoms with Gasteiger partial charge in [-0.2, -0.15) is 5.10 Å². The molecule has 0 atom stereocenters. The van der Waals surface area contributed by atoms with Gasteiger partial charge in [-0.15, -0.1) is 0 Å². The summed E-state index contributed by atoms with van der Waals surface area (Å²) in [4.78, 5) is 15.1. The molecule has 15 heavy (non-hydrogen) atoms. The molecular weight excluding hydrogens is 194 g/mol. The molecule has 0 radical (unpaired) electrons. The molecule has 3 aromatic rings. The summed E-state index contributed by atoms with van der Waals surface area (Å²) >= 11 is 0. The molecule has 0 amide bonds. The summed E-state index contributed by atoms with van der Waals surface area (Å²) in [5.74, 6) is 0.658. The van der Waals surface area contributed by atoms with Crippen molar-refractivity contribution in [1.82, 2.24) is 25.0 Å². The van der Waals surface area contributed by atoms with Crippen molar-refractivity contribution in [1.29, 1.82) is 0 Å². The lowest BCUT2D eigenvalue weighted by molar-refractivity contribution is 0.835. The van der Waals surface area contributed by atoms with Crippen molar-refractivity contribution in [3.8, 4) is 5.82 Å². The van der Waals surface area contributed by atoms with Crippen LogP contribution in [0.4, 0.5) is 0 Å². The third-order valence-electron chi connectivity index (χ3n) is 2.16. The Kier molecular flexibility index (Phi) is 1.49. The quantitative estimate of drug-likeness (QED) is 0.599. The van der Waals surface area contributed by atoms with Gasteiger partial charge in [-0.3, -0.25) is 15.0 Å². The maximum atomic E-state index is 11.0. The summed E-state index contributed by atoms with van der Waals surface area (Å²) < 4.78 is 1.56. The highest BCUT2D eigenvalue weighted by Gasteiger charge is 2.01. The van der Waals surface area contributed by atoms with Crippen molar-refractivity contribution in [3.63, 3.8) is 0 Å². The molecule has 2 N–H and O–H groups in total. The Labute approximate surface area is 83.6 Å². The van der Waals surface area contributed by atoms with E-state index in [9.17, 15) is 4.79 Å². The largest absolute Gasteiger partial charge is 0.276 e. The summed E-state index contributed by atoms with van der Waals surface area (Å²) in [5.41, 5.74) is 0.720. The molecule has 0 saturated carbocycles. The zero-order chi connectivity index (χ0) is 10.3. The molecule has 3 rings (SSSR count). The Bertz CT molecular complexity index is 662. The van der Waals surface area contributed by atoms with Gasteiger partial charge in [-0.05, 0) is 6.07 Å². The number of pyridine rings is 1. The number of nitrogens with one attached hydrogen (secondary N) is 2. The number of rotatable bonds is 1. The average Bonchev–Trinajstić information content (AvgIpc) is 2.84. The first-order valence-corrected chi connectivity index (χ1v) is 4.40. The second-order valence-corrected chi connectivity index (χ2v) is 3.16. The molecule has 0 saturated heterocycles. The molecule has 0 bridgehead atoms. The lowest BCUT2D eigenvalue weighted by Gasteiger charge is -1.99. The van der Waals surface area contributed by atoms with Crippen LogP contribution in [0.3, 0.4) is 0 Å². The molecule has 0 spiro atoms. The minimum atomic E-state index is -0.149. The second kappa shape index (κ2) is 2.81. The van der Waals surface area contributed by atoms with Crippen LogP contribution in [0.25, 0.3) is 16.7 Å². The van der Waals surface area contributed by atoms with E-state index in [1.165, 1.54) is 6.07 Å². The Balaban J connectivity index is 2.22. The van der Waals surface area contributed by atoms with Gasteiger partial charge in [0.05, 0.1) is 17.9 Å². The fraction of sp³-hybridized carbons (Fsp3) is 0. The van der Waals surface area contributed by atoms with Gasteiger partial charge in [-0.25, -0.2) is 9.67 Å². The molecule has 6 nitrogen and oxygen atoms in total. The van der Waals surface area contributed by atoms with Crippen LogP contribution >= 0.6 is 0 Å². The number of aromatic nitrogens is 5. The zero-order valence-electron chi connectivity index (χ0n) is 7.64. The number of hydrogen-bond acceptors (Lipinski definition) is 3. The minimum Gasteiger partial charge on any atom is -0.276 e. The monoisotopic (exact) mass is 201 g/mol. The normalized spacial score (nSPS) is 10.9. The molecule has 6 heteroatoms. The van der Waals surface area contributed by atoms with Gasteiger partial charge in [-0.1, -0.05) is 0 Å². The van der Waals surface area contributed by atoms with Crippen LogP contribution in [0.2, 0.25) is 0 Å². The number of aromatic amines is 2. The standard InChI is InChI=1S/C9H7N5O/c15-9-1-2-14(13-9)8-3-6-4-11-12-7(6)5-10-8/h1-5H,(H,11,12)(H,13,15). The summed E-state index contributed by atoms with van der Waals surface area (Å²) in [7, 11) is 0. The fourth-order valence-electron chi connectivity index (χ4n) is 1.43. The molecule has 0 aromatic carbocycles. The zero-order valence-corrected chi connectivity index (χ0v) is 7.64. The van der Waals surface area contributed by atoms with Crippen molar-refractivity contribution >= 4 is 10.9 Å². The van der Waals surface area contributed by atoms with Crippen LogP contribution in [0, 0.1) is 0 Å². The minimum absolute atomic E-state index is 0.149. The van der Waals surface area contributed by atoms with E-state index in [-0.39, 0.29) is 5.56 Å². The van der Waals surface area contributed by atoms with Crippen LogP contribution in [0.5, 0.6) is 0 Å². The van der Waals surface area contributed by atoms with E-state index in [0.29, 0.717) is 5.82 Å². The maximum Gasteiger partial charge on any atom is 0.264 e. The fourth-order valence-corrected chi connectivity index (χ4v) is 1.43. The predicted molar refractivity (Wildman–Crippen MR) is 53.8 cm³/mol. The van der Waals surface area contributed by atoms with Gasteiger partial charge in [0.25, 0.3) is 5.56 Å². The third-order valence-corrected chi connectivity index (χ3v) is 2.16. The first kappa shape index (κ1) is 7.98. The van der Waals surface area contributed by atoms with E-state index in [2.05, 4.69) is 20.3 Å². The van der Waals surface area contributed by atoms with Crippen molar-refractivity contribution in [2.75, 3.05) is 0 Å². The molecular formula is C9H7N5O. The summed E-state index contributed by atoms with van der Waals surface area (Å²) in [6.45, 7) is 0. The molecule has 0 aliphatic carbocycles. The van der Waals surface area contributed by atoms with Gasteiger partial charge in [0.2, 0.25) is 0 Å². The Hall–Kier alpha value is -2.37. The van der Waals surface area contributed by atoms with Crippen LogP contribution in [-0.2, 0) is 0 Å². The van der Waals surface area contributed by atoms with E-state index >= 15 is 0 Å². The number of nitrogens with zero attached hydrogens (tertiary/aromatic N) is 3. The molecule has 3 heterocycles. The number of fused-ring (bicyclic) bond motifs is 1. The van der Waals surface area contributed by atoms with Crippen LogP contribution in [0.15, 0.2) is 35.5 Å². The SMILES string of the molecule is O=c1ccn(-c2cc3cn[nH]c3cn2)[nH]1. The summed E-state index contributed by atoms with van der Waals surface area (Å²) in [6, 6.07) is 3.29. The molecule has 0 aliphatic heterocycles. The number of H-pyrrole nitrogens is 2. The molecule has 3 aromatic heterocycles. The van der Waals surface area contributed by atoms with Gasteiger partial charge < -0.3 is 0 Å². The van der Waals surface area contributed by atoms with Crippen LogP contribution in [0.1, 0.15) is 0 Å². The molecule has 74 valence electrons. The van der Waals surface area contributed by atoms with Crippen molar-refractivity contribution in [2.24, 2.45) is 0 Å². The Morgan fingerprint density at radius 2 is 2.27 bits per heavy atom. The third kappa shape index (κ3) is 1.23. The maximum absolute atomic E-state index is 11.0. The highest BCUT2D eigenvalue weighted by Crippen LogP contribution is 2.11. The first-order valence-electron chi connectivity index (χ1n) is 4.40. The molecule has 0 fully saturated rings. The molecule has 0 unspecified atom stereocenters. The second-order valence-electron chi connectivity index (χ2n) is 3.16. The topological polar surface area (TPSA) is 79.4 Å². The van der Waals surface area contributed by atoms with E-state index < -0.39 is 0 Å². The van der Waals surface area contributed by atoms with Crippen molar-refractivity contribution in [2.45, 2.75) is 0 Å². The Morgan fingerprint density at radius 3 is 3.07 bits per heavy atom. The van der Waals surface area contributed by atoms with Crippen molar-refractivity contribution in [3.05, 3.63) is 41.1 Å². The van der Waals surface area contributed by atoms with Gasteiger partial charge >= 0.3 is 0 Å².